The highest BCUT2D eigenvalue weighted by molar-refractivity contribution is 7.47. The van der Waals surface area contributed by atoms with E-state index in [0.29, 0.717) is 25.7 Å². The Morgan fingerprint density at radius 1 is 0.333 bits per heavy atom. The van der Waals surface area contributed by atoms with Crippen molar-refractivity contribution in [2.75, 3.05) is 39.6 Å². The van der Waals surface area contributed by atoms with Crippen LogP contribution in [0.15, 0.2) is 24.3 Å². The van der Waals surface area contributed by atoms with Crippen LogP contribution in [0.3, 0.4) is 0 Å². The molecule has 0 heterocycles. The second-order valence-electron chi connectivity index (χ2n) is 28.8. The van der Waals surface area contributed by atoms with Crippen LogP contribution in [0, 0.1) is 11.8 Å². The van der Waals surface area contributed by atoms with E-state index in [9.17, 15) is 43.2 Å². The zero-order chi connectivity index (χ0) is 72.8. The quantitative estimate of drug-likeness (QED) is 0.0169. The monoisotopic (exact) mass is 1450 g/mol. The van der Waals surface area contributed by atoms with E-state index in [2.05, 4.69) is 65.8 Å². The average molecular weight is 1450 g/mol. The Kier molecular flexibility index (Phi) is 69.4. The molecule has 0 aliphatic rings. The molecule has 0 radical (unpaired) electrons. The van der Waals surface area contributed by atoms with Gasteiger partial charge in [-0.1, -0.05) is 342 Å². The molecule has 584 valence electrons. The van der Waals surface area contributed by atoms with Gasteiger partial charge in [-0.3, -0.25) is 37.3 Å². The molecule has 3 unspecified atom stereocenters. The smallest absolute Gasteiger partial charge is 0.462 e. The minimum atomic E-state index is -4.97. The van der Waals surface area contributed by atoms with Gasteiger partial charge in [0.05, 0.1) is 26.4 Å². The van der Waals surface area contributed by atoms with Gasteiger partial charge in [0.15, 0.2) is 12.2 Å². The maximum Gasteiger partial charge on any atom is 0.472 e. The predicted molar refractivity (Wildman–Crippen MR) is 404 cm³/mol. The van der Waals surface area contributed by atoms with E-state index in [4.69, 9.17) is 37.0 Å². The fourth-order valence-electron chi connectivity index (χ4n) is 11.8. The van der Waals surface area contributed by atoms with Crippen LogP contribution in [-0.4, -0.2) is 96.7 Å². The Labute approximate surface area is 605 Å². The molecule has 0 aromatic carbocycles. The van der Waals surface area contributed by atoms with Gasteiger partial charge < -0.3 is 33.8 Å². The fraction of sp³-hybridized carbons (Fsp3) is 0.900. The highest BCUT2D eigenvalue weighted by Crippen LogP contribution is 2.45. The number of allylic oxidation sites excluding steroid dienone is 4. The second kappa shape index (κ2) is 71.2. The number of esters is 4. The van der Waals surface area contributed by atoms with Gasteiger partial charge in [0.2, 0.25) is 0 Å². The number of carbonyl (C=O) groups excluding carboxylic acids is 4. The van der Waals surface area contributed by atoms with Crippen molar-refractivity contribution in [3.63, 3.8) is 0 Å². The van der Waals surface area contributed by atoms with E-state index in [-0.39, 0.29) is 25.7 Å². The number of rotatable bonds is 77. The van der Waals surface area contributed by atoms with Crippen molar-refractivity contribution in [2.45, 2.75) is 413 Å². The summed E-state index contributed by atoms with van der Waals surface area (Å²) in [6.45, 7) is 9.57. The fourth-order valence-corrected chi connectivity index (χ4v) is 13.4. The highest BCUT2D eigenvalue weighted by Gasteiger charge is 2.30. The number of aliphatic hydroxyl groups is 1. The molecule has 0 amide bonds. The first-order valence-electron chi connectivity index (χ1n) is 40.8. The molecule has 99 heavy (non-hydrogen) atoms. The van der Waals surface area contributed by atoms with E-state index in [0.717, 1.165) is 121 Å². The molecule has 0 aromatic rings. The highest BCUT2D eigenvalue weighted by atomic mass is 31.2. The molecular weight excluding hydrogens is 1290 g/mol. The Morgan fingerprint density at radius 2 is 0.596 bits per heavy atom. The summed E-state index contributed by atoms with van der Waals surface area (Å²) in [5, 5.41) is 10.6. The van der Waals surface area contributed by atoms with E-state index in [1.807, 2.05) is 0 Å². The maximum atomic E-state index is 13.1. The van der Waals surface area contributed by atoms with Crippen LogP contribution in [-0.2, 0) is 65.4 Å². The summed E-state index contributed by atoms with van der Waals surface area (Å²) >= 11 is 0. The number of phosphoric ester groups is 2. The van der Waals surface area contributed by atoms with Crippen LogP contribution in [0.25, 0.3) is 0 Å². The SMILES string of the molecule is CCCCCC/C=C\C=C/CCCCCCCC(=O)OC[C@H](COP(=O)(O)OC[C@@H](O)COP(=O)(O)OC[C@@H](COC(=O)CCCCCCCCCCC(C)CC)OC(=O)CCCCCCCCCCCCCCC(C)C)OC(=O)CCCCCCCCCCCCCCCCCCC. The summed E-state index contributed by atoms with van der Waals surface area (Å²) < 4.78 is 68.7. The Bertz CT molecular complexity index is 2000. The number of phosphoric acid groups is 2. The molecule has 0 spiro atoms. The van der Waals surface area contributed by atoms with Crippen molar-refractivity contribution in [3.8, 4) is 0 Å². The van der Waals surface area contributed by atoms with E-state index < -0.39 is 97.5 Å². The van der Waals surface area contributed by atoms with Crippen molar-refractivity contribution in [1.82, 2.24) is 0 Å². The van der Waals surface area contributed by atoms with Crippen molar-refractivity contribution in [1.29, 1.82) is 0 Å². The second-order valence-corrected chi connectivity index (χ2v) is 31.7. The molecule has 0 fully saturated rings. The molecule has 0 aliphatic carbocycles. The van der Waals surface area contributed by atoms with E-state index in [1.54, 1.807) is 0 Å². The Morgan fingerprint density at radius 3 is 0.909 bits per heavy atom. The van der Waals surface area contributed by atoms with Crippen LogP contribution in [0.1, 0.15) is 395 Å². The molecule has 0 saturated heterocycles. The van der Waals surface area contributed by atoms with Crippen molar-refractivity contribution in [2.24, 2.45) is 11.8 Å². The minimum absolute atomic E-state index is 0.101. The molecule has 0 bridgehead atoms. The van der Waals surface area contributed by atoms with Crippen molar-refractivity contribution in [3.05, 3.63) is 24.3 Å². The van der Waals surface area contributed by atoms with Crippen LogP contribution in [0.2, 0.25) is 0 Å². The number of hydrogen-bond acceptors (Lipinski definition) is 15. The summed E-state index contributed by atoms with van der Waals surface area (Å²) in [6.07, 6.45) is 63.1. The Hall–Kier alpha value is -2.46. The van der Waals surface area contributed by atoms with E-state index >= 15 is 0 Å². The molecule has 0 aliphatic heterocycles. The summed E-state index contributed by atoms with van der Waals surface area (Å²) in [4.78, 5) is 73.0. The zero-order valence-electron chi connectivity index (χ0n) is 64.3. The molecule has 3 N–H and O–H groups in total. The summed E-state index contributed by atoms with van der Waals surface area (Å²) in [7, 11) is -9.93. The molecule has 0 rings (SSSR count). The predicted octanol–water partition coefficient (Wildman–Crippen LogP) is 23.4. The number of carbonyl (C=O) groups is 4. The van der Waals surface area contributed by atoms with Gasteiger partial charge in [-0.15, -0.1) is 0 Å². The van der Waals surface area contributed by atoms with Gasteiger partial charge in [0.25, 0.3) is 0 Å². The Balaban J connectivity index is 5.30. The van der Waals surface area contributed by atoms with Crippen LogP contribution >= 0.6 is 15.6 Å². The standard InChI is InChI=1S/C80H152O17P2/c1-7-10-12-14-16-18-20-22-24-25-27-29-34-38-46-52-58-64-79(84)96-75(68-90-77(82)62-56-50-44-37-33-28-26-23-21-19-17-15-13-11-8-2)70-94-98(86,87)92-66-74(81)67-93-99(88,89)95-71-76(69-91-78(83)63-57-51-45-41-40-43-49-55-61-73(6)9-3)97-80(85)65-59-53-47-39-35-31-30-32-36-42-48-54-60-72(4)5/h19,21,23,26,72-76,81H,7-18,20,22,24-25,27-71H2,1-6H3,(H,86,87)(H,88,89)/b21-19-,26-23-/t73?,74-,75-,76-/m1/s1. The number of unbranched alkanes of at least 4 members (excludes halogenated alkanes) is 43. The first-order chi connectivity index (χ1) is 47.9. The topological polar surface area (TPSA) is 237 Å². The first kappa shape index (κ1) is 96.5. The van der Waals surface area contributed by atoms with Gasteiger partial charge in [0, 0.05) is 25.7 Å². The third-order valence-electron chi connectivity index (χ3n) is 18.4. The van der Waals surface area contributed by atoms with E-state index in [1.165, 1.54) is 193 Å². The lowest BCUT2D eigenvalue weighted by molar-refractivity contribution is -0.161. The summed E-state index contributed by atoms with van der Waals surface area (Å²) in [6, 6.07) is 0. The number of aliphatic hydroxyl groups excluding tert-OH is 1. The number of hydrogen-bond donors (Lipinski definition) is 3. The lowest BCUT2D eigenvalue weighted by Crippen LogP contribution is -2.30. The van der Waals surface area contributed by atoms with Crippen LogP contribution in [0.5, 0.6) is 0 Å². The minimum Gasteiger partial charge on any atom is -0.462 e. The molecule has 0 aromatic heterocycles. The van der Waals surface area contributed by atoms with Gasteiger partial charge in [-0.25, -0.2) is 9.13 Å². The molecule has 6 atom stereocenters. The third kappa shape index (κ3) is 72.3. The third-order valence-corrected chi connectivity index (χ3v) is 20.3. The van der Waals surface area contributed by atoms with Crippen molar-refractivity contribution < 1.29 is 80.2 Å². The summed E-state index contributed by atoms with van der Waals surface area (Å²) in [5.74, 6) is -0.589. The van der Waals surface area contributed by atoms with Gasteiger partial charge in [-0.2, -0.15) is 0 Å². The van der Waals surface area contributed by atoms with Crippen LogP contribution in [0.4, 0.5) is 0 Å². The molecule has 0 saturated carbocycles. The zero-order valence-corrected chi connectivity index (χ0v) is 66.1. The largest absolute Gasteiger partial charge is 0.472 e. The van der Waals surface area contributed by atoms with Gasteiger partial charge in [0.1, 0.15) is 19.3 Å². The molecule has 19 heteroatoms. The normalized spacial score (nSPS) is 14.4. The van der Waals surface area contributed by atoms with Crippen LogP contribution < -0.4 is 0 Å². The number of ether oxygens (including phenoxy) is 4. The van der Waals surface area contributed by atoms with Crippen molar-refractivity contribution >= 4 is 39.5 Å². The lowest BCUT2D eigenvalue weighted by Gasteiger charge is -2.21. The van der Waals surface area contributed by atoms with Gasteiger partial charge >= 0.3 is 39.5 Å². The first-order valence-corrected chi connectivity index (χ1v) is 43.8. The lowest BCUT2D eigenvalue weighted by atomic mass is 9.99. The summed E-state index contributed by atoms with van der Waals surface area (Å²) in [5.41, 5.74) is 0. The molecular formula is C80H152O17P2. The average Bonchev–Trinajstić information content (AvgIpc) is 3.47. The van der Waals surface area contributed by atoms with Gasteiger partial charge in [-0.05, 0) is 63.2 Å². The maximum absolute atomic E-state index is 13.1. The molecule has 17 nitrogen and oxygen atoms in total.